The molecule has 0 saturated heterocycles. The van der Waals surface area contributed by atoms with E-state index in [2.05, 4.69) is 15.6 Å². The molecule has 1 aromatic carbocycles. The maximum atomic E-state index is 6.01. The van der Waals surface area contributed by atoms with Gasteiger partial charge in [-0.2, -0.15) is 0 Å². The summed E-state index contributed by atoms with van der Waals surface area (Å²) in [5.41, 5.74) is 1.69. The first-order chi connectivity index (χ1) is 7.65. The van der Waals surface area contributed by atoms with Crippen LogP contribution in [0, 0.1) is 0 Å². The van der Waals surface area contributed by atoms with Crippen LogP contribution in [0.3, 0.4) is 0 Å². The second-order valence-corrected chi connectivity index (χ2v) is 4.20. The van der Waals surface area contributed by atoms with Crippen LogP contribution in [0.15, 0.2) is 24.4 Å². The van der Waals surface area contributed by atoms with Gasteiger partial charge in [-0.3, -0.25) is 4.68 Å². The fourth-order valence-electron chi connectivity index (χ4n) is 1.29. The zero-order valence-electron chi connectivity index (χ0n) is 8.61. The minimum absolute atomic E-state index is 0.579. The van der Waals surface area contributed by atoms with Crippen LogP contribution in [0.1, 0.15) is 5.69 Å². The summed E-state index contributed by atoms with van der Waals surface area (Å²) in [5.74, 6) is 0. The maximum Gasteiger partial charge on any atom is 0.102 e. The molecular weight excluding hydrogens is 247 g/mol. The van der Waals surface area contributed by atoms with Crippen molar-refractivity contribution < 1.29 is 0 Å². The zero-order chi connectivity index (χ0) is 11.5. The molecule has 0 radical (unpaired) electrons. The van der Waals surface area contributed by atoms with E-state index in [-0.39, 0.29) is 0 Å². The zero-order valence-corrected chi connectivity index (χ0v) is 10.1. The lowest BCUT2D eigenvalue weighted by atomic mass is 10.3. The number of rotatable bonds is 3. The third-order valence-electron chi connectivity index (χ3n) is 2.04. The standard InChI is InChI=1S/C10H10Cl2N4/c1-16-6-8(14-15-16)5-13-10-3-2-7(11)4-9(10)12/h2-4,6,13H,5H2,1H3. The Morgan fingerprint density at radius 1 is 1.38 bits per heavy atom. The third-order valence-corrected chi connectivity index (χ3v) is 2.59. The van der Waals surface area contributed by atoms with Crippen molar-refractivity contribution in [3.05, 3.63) is 40.1 Å². The third kappa shape index (κ3) is 2.65. The molecule has 1 aromatic heterocycles. The smallest absolute Gasteiger partial charge is 0.102 e. The van der Waals surface area contributed by atoms with Crippen LogP contribution in [0.4, 0.5) is 5.69 Å². The van der Waals surface area contributed by atoms with Gasteiger partial charge in [0.05, 0.1) is 17.3 Å². The van der Waals surface area contributed by atoms with E-state index in [1.807, 2.05) is 19.3 Å². The van der Waals surface area contributed by atoms with E-state index >= 15 is 0 Å². The predicted octanol–water partition coefficient (Wildman–Crippen LogP) is 2.73. The van der Waals surface area contributed by atoms with Gasteiger partial charge in [0.15, 0.2) is 0 Å². The Morgan fingerprint density at radius 3 is 2.81 bits per heavy atom. The second kappa shape index (κ2) is 4.72. The average Bonchev–Trinajstić information content (AvgIpc) is 2.63. The average molecular weight is 257 g/mol. The molecule has 0 amide bonds. The van der Waals surface area contributed by atoms with Crippen molar-refractivity contribution in [1.29, 1.82) is 0 Å². The van der Waals surface area contributed by atoms with Gasteiger partial charge in [0, 0.05) is 18.3 Å². The Hall–Kier alpha value is -1.26. The normalized spacial score (nSPS) is 10.4. The van der Waals surface area contributed by atoms with Crippen LogP contribution in [0.2, 0.25) is 10.0 Å². The highest BCUT2D eigenvalue weighted by Gasteiger charge is 2.02. The molecule has 0 saturated carbocycles. The van der Waals surface area contributed by atoms with Crippen molar-refractivity contribution in [2.75, 3.05) is 5.32 Å². The molecule has 0 bridgehead atoms. The second-order valence-electron chi connectivity index (χ2n) is 3.36. The summed E-state index contributed by atoms with van der Waals surface area (Å²) in [6.07, 6.45) is 1.84. The molecule has 1 N–H and O–H groups in total. The predicted molar refractivity (Wildman–Crippen MR) is 64.8 cm³/mol. The van der Waals surface area contributed by atoms with Crippen molar-refractivity contribution in [3.8, 4) is 0 Å². The van der Waals surface area contributed by atoms with E-state index < -0.39 is 0 Å². The minimum Gasteiger partial charge on any atom is -0.378 e. The Balaban J connectivity index is 2.04. The van der Waals surface area contributed by atoms with E-state index in [1.165, 1.54) is 0 Å². The Labute approximate surface area is 103 Å². The molecule has 0 aliphatic rings. The molecular formula is C10H10Cl2N4. The molecule has 2 rings (SSSR count). The van der Waals surface area contributed by atoms with Gasteiger partial charge in [-0.05, 0) is 18.2 Å². The lowest BCUT2D eigenvalue weighted by molar-refractivity contribution is 0.713. The van der Waals surface area contributed by atoms with Crippen LogP contribution >= 0.6 is 23.2 Å². The van der Waals surface area contributed by atoms with Crippen LogP contribution in [-0.4, -0.2) is 15.0 Å². The molecule has 2 aromatic rings. The van der Waals surface area contributed by atoms with Crippen molar-refractivity contribution in [2.45, 2.75) is 6.54 Å². The lowest BCUT2D eigenvalue weighted by Gasteiger charge is -2.06. The Morgan fingerprint density at radius 2 is 2.19 bits per heavy atom. The molecule has 0 aliphatic carbocycles. The Kier molecular flexibility index (Phi) is 3.31. The minimum atomic E-state index is 0.579. The van der Waals surface area contributed by atoms with Crippen LogP contribution < -0.4 is 5.32 Å². The number of hydrogen-bond acceptors (Lipinski definition) is 3. The van der Waals surface area contributed by atoms with Crippen LogP contribution in [0.25, 0.3) is 0 Å². The molecule has 0 spiro atoms. The number of benzene rings is 1. The number of aromatic nitrogens is 3. The van der Waals surface area contributed by atoms with Crippen molar-refractivity contribution >= 4 is 28.9 Å². The Bertz CT molecular complexity index is 495. The van der Waals surface area contributed by atoms with Crippen LogP contribution in [0.5, 0.6) is 0 Å². The van der Waals surface area contributed by atoms with Gasteiger partial charge in [0.2, 0.25) is 0 Å². The van der Waals surface area contributed by atoms with Crippen molar-refractivity contribution in [1.82, 2.24) is 15.0 Å². The van der Waals surface area contributed by atoms with Gasteiger partial charge >= 0.3 is 0 Å². The molecule has 84 valence electrons. The summed E-state index contributed by atoms with van der Waals surface area (Å²) in [5, 5.41) is 12.2. The summed E-state index contributed by atoms with van der Waals surface area (Å²) >= 11 is 11.8. The summed E-state index contributed by atoms with van der Waals surface area (Å²) in [6, 6.07) is 5.32. The van der Waals surface area contributed by atoms with Crippen molar-refractivity contribution in [2.24, 2.45) is 7.05 Å². The summed E-state index contributed by atoms with van der Waals surface area (Å²) in [4.78, 5) is 0. The van der Waals surface area contributed by atoms with E-state index in [9.17, 15) is 0 Å². The van der Waals surface area contributed by atoms with E-state index in [0.717, 1.165) is 11.4 Å². The summed E-state index contributed by atoms with van der Waals surface area (Å²) in [7, 11) is 1.83. The van der Waals surface area contributed by atoms with Gasteiger partial charge in [-0.15, -0.1) is 5.10 Å². The first-order valence-corrected chi connectivity index (χ1v) is 5.45. The fourth-order valence-corrected chi connectivity index (χ4v) is 1.77. The first-order valence-electron chi connectivity index (χ1n) is 4.69. The summed E-state index contributed by atoms with van der Waals surface area (Å²) < 4.78 is 1.65. The number of nitrogens with one attached hydrogen (secondary N) is 1. The molecule has 16 heavy (non-hydrogen) atoms. The molecule has 1 heterocycles. The molecule has 0 fully saturated rings. The monoisotopic (exact) mass is 256 g/mol. The lowest BCUT2D eigenvalue weighted by Crippen LogP contribution is -2.00. The van der Waals surface area contributed by atoms with E-state index in [4.69, 9.17) is 23.2 Å². The van der Waals surface area contributed by atoms with Gasteiger partial charge in [-0.1, -0.05) is 28.4 Å². The highest BCUT2D eigenvalue weighted by molar-refractivity contribution is 6.36. The van der Waals surface area contributed by atoms with E-state index in [0.29, 0.717) is 16.6 Å². The number of anilines is 1. The van der Waals surface area contributed by atoms with Gasteiger partial charge in [0.1, 0.15) is 5.69 Å². The molecule has 0 unspecified atom stereocenters. The van der Waals surface area contributed by atoms with Gasteiger partial charge in [0.25, 0.3) is 0 Å². The van der Waals surface area contributed by atoms with E-state index in [1.54, 1.807) is 16.8 Å². The molecule has 0 aliphatic heterocycles. The van der Waals surface area contributed by atoms with Crippen molar-refractivity contribution in [3.63, 3.8) is 0 Å². The highest BCUT2D eigenvalue weighted by Crippen LogP contribution is 2.25. The molecule has 4 nitrogen and oxygen atoms in total. The number of nitrogens with zero attached hydrogens (tertiary/aromatic N) is 3. The highest BCUT2D eigenvalue weighted by atomic mass is 35.5. The summed E-state index contributed by atoms with van der Waals surface area (Å²) in [6.45, 7) is 0.579. The number of aryl methyl sites for hydroxylation is 1. The molecule has 0 atom stereocenters. The quantitative estimate of drug-likeness (QED) is 0.919. The largest absolute Gasteiger partial charge is 0.378 e. The maximum absolute atomic E-state index is 6.01. The SMILES string of the molecule is Cn1cc(CNc2ccc(Cl)cc2Cl)nn1. The number of hydrogen-bond donors (Lipinski definition) is 1. The molecule has 6 heteroatoms. The first kappa shape index (κ1) is 11.2. The van der Waals surface area contributed by atoms with Gasteiger partial charge < -0.3 is 5.32 Å². The van der Waals surface area contributed by atoms with Gasteiger partial charge in [-0.25, -0.2) is 0 Å². The topological polar surface area (TPSA) is 42.7 Å². The number of halogens is 2. The van der Waals surface area contributed by atoms with Crippen LogP contribution in [-0.2, 0) is 13.6 Å². The fraction of sp³-hybridized carbons (Fsp3) is 0.200.